The average Bonchev–Trinajstić information content (AvgIpc) is 2.88. The topological polar surface area (TPSA) is 139 Å². The molecule has 11 nitrogen and oxygen atoms in total. The average molecular weight is 476 g/mol. The van der Waals surface area contributed by atoms with E-state index < -0.39 is 11.4 Å². The standard InChI is InChI=1S/C24H25N7O4/c1-34-19-8-5-16(6-9-19)14-31-23(32)29-22(28-13-18-4-3-11-26-21(18)25)30(24(31)33)15-17-7-10-20(35-2)27-12-17/h3-12H,13-15H2,1-2H3,(H2,25,26)(H,28,29,32). The van der Waals surface area contributed by atoms with Crippen molar-refractivity contribution in [3.05, 3.63) is 98.6 Å². The first-order valence-electron chi connectivity index (χ1n) is 10.7. The van der Waals surface area contributed by atoms with Crippen LogP contribution in [0.1, 0.15) is 16.7 Å². The number of rotatable bonds is 9. The number of ether oxygens (including phenoxy) is 2. The van der Waals surface area contributed by atoms with E-state index in [2.05, 4.69) is 20.3 Å². The van der Waals surface area contributed by atoms with E-state index in [0.29, 0.717) is 23.0 Å². The number of anilines is 2. The maximum absolute atomic E-state index is 13.5. The second-order valence-corrected chi connectivity index (χ2v) is 7.63. The van der Waals surface area contributed by atoms with Gasteiger partial charge >= 0.3 is 11.4 Å². The summed E-state index contributed by atoms with van der Waals surface area (Å²) >= 11 is 0. The first-order chi connectivity index (χ1) is 17.0. The van der Waals surface area contributed by atoms with Gasteiger partial charge in [0.1, 0.15) is 11.6 Å². The summed E-state index contributed by atoms with van der Waals surface area (Å²) in [5, 5.41) is 3.06. The van der Waals surface area contributed by atoms with Gasteiger partial charge < -0.3 is 20.5 Å². The van der Waals surface area contributed by atoms with Crippen LogP contribution in [0, 0.1) is 0 Å². The highest BCUT2D eigenvalue weighted by atomic mass is 16.5. The summed E-state index contributed by atoms with van der Waals surface area (Å²) in [7, 11) is 3.10. The van der Waals surface area contributed by atoms with Crippen LogP contribution in [0.4, 0.5) is 11.8 Å². The van der Waals surface area contributed by atoms with Crippen molar-refractivity contribution in [2.75, 3.05) is 25.3 Å². The van der Waals surface area contributed by atoms with Crippen molar-refractivity contribution in [1.29, 1.82) is 0 Å². The van der Waals surface area contributed by atoms with Crippen molar-refractivity contribution in [2.24, 2.45) is 0 Å². The van der Waals surface area contributed by atoms with Gasteiger partial charge in [0.2, 0.25) is 11.8 Å². The lowest BCUT2D eigenvalue weighted by Crippen LogP contribution is -2.43. The van der Waals surface area contributed by atoms with Crippen molar-refractivity contribution in [1.82, 2.24) is 24.1 Å². The Kier molecular flexibility index (Phi) is 7.05. The van der Waals surface area contributed by atoms with Crippen molar-refractivity contribution in [3.63, 3.8) is 0 Å². The number of pyridine rings is 2. The van der Waals surface area contributed by atoms with Crippen molar-refractivity contribution >= 4 is 11.8 Å². The molecule has 0 spiro atoms. The number of benzene rings is 1. The Labute approximate surface area is 200 Å². The Morgan fingerprint density at radius 3 is 2.31 bits per heavy atom. The number of nitrogens with two attached hydrogens (primary N) is 1. The maximum Gasteiger partial charge on any atom is 0.355 e. The summed E-state index contributed by atoms with van der Waals surface area (Å²) in [4.78, 5) is 38.8. The van der Waals surface area contributed by atoms with E-state index in [-0.39, 0.29) is 25.6 Å². The molecule has 3 N–H and O–H groups in total. The van der Waals surface area contributed by atoms with Gasteiger partial charge in [0.25, 0.3) is 0 Å². The van der Waals surface area contributed by atoms with E-state index in [1.807, 2.05) is 0 Å². The molecular weight excluding hydrogens is 450 g/mol. The van der Waals surface area contributed by atoms with Gasteiger partial charge in [-0.05, 0) is 29.3 Å². The number of methoxy groups -OCH3 is 2. The van der Waals surface area contributed by atoms with Gasteiger partial charge in [-0.25, -0.2) is 24.1 Å². The second kappa shape index (κ2) is 10.5. The molecule has 0 unspecified atom stereocenters. The Morgan fingerprint density at radius 1 is 0.914 bits per heavy atom. The first-order valence-corrected chi connectivity index (χ1v) is 10.7. The normalized spacial score (nSPS) is 10.7. The van der Waals surface area contributed by atoms with Gasteiger partial charge in [-0.1, -0.05) is 24.3 Å². The van der Waals surface area contributed by atoms with Crippen LogP contribution in [-0.4, -0.2) is 38.3 Å². The van der Waals surface area contributed by atoms with Gasteiger partial charge in [0.05, 0.1) is 27.3 Å². The molecule has 1 aromatic carbocycles. The lowest BCUT2D eigenvalue weighted by atomic mass is 10.2. The number of hydrogen-bond acceptors (Lipinski definition) is 9. The largest absolute Gasteiger partial charge is 0.497 e. The summed E-state index contributed by atoms with van der Waals surface area (Å²) in [5.41, 5.74) is 6.94. The van der Waals surface area contributed by atoms with Gasteiger partial charge in [-0.15, -0.1) is 0 Å². The first kappa shape index (κ1) is 23.5. The minimum absolute atomic E-state index is 0.0609. The fourth-order valence-electron chi connectivity index (χ4n) is 3.44. The van der Waals surface area contributed by atoms with Crippen LogP contribution < -0.4 is 31.9 Å². The molecule has 4 aromatic rings. The summed E-state index contributed by atoms with van der Waals surface area (Å²) < 4.78 is 12.8. The third kappa shape index (κ3) is 5.46. The van der Waals surface area contributed by atoms with Crippen LogP contribution in [0.5, 0.6) is 11.6 Å². The molecule has 0 fully saturated rings. The van der Waals surface area contributed by atoms with Crippen LogP contribution in [0.15, 0.2) is 70.5 Å². The van der Waals surface area contributed by atoms with Gasteiger partial charge in [0.15, 0.2) is 0 Å². The number of nitrogen functional groups attached to an aromatic ring is 1. The second-order valence-electron chi connectivity index (χ2n) is 7.63. The molecule has 0 aliphatic rings. The summed E-state index contributed by atoms with van der Waals surface area (Å²) in [6.45, 7) is 0.427. The minimum atomic E-state index is -0.670. The van der Waals surface area contributed by atoms with Gasteiger partial charge in [-0.3, -0.25) is 4.57 Å². The molecule has 0 radical (unpaired) electrons. The molecule has 11 heteroatoms. The molecule has 3 aromatic heterocycles. The van der Waals surface area contributed by atoms with Crippen LogP contribution in [0.2, 0.25) is 0 Å². The fourth-order valence-corrected chi connectivity index (χ4v) is 3.44. The molecule has 0 saturated carbocycles. The van der Waals surface area contributed by atoms with Crippen LogP contribution in [0.3, 0.4) is 0 Å². The number of nitrogens with one attached hydrogen (secondary N) is 1. The van der Waals surface area contributed by atoms with Crippen molar-refractivity contribution in [3.8, 4) is 11.6 Å². The highest BCUT2D eigenvalue weighted by Crippen LogP contribution is 2.14. The van der Waals surface area contributed by atoms with Crippen LogP contribution >= 0.6 is 0 Å². The molecule has 0 aliphatic carbocycles. The van der Waals surface area contributed by atoms with Crippen LogP contribution in [-0.2, 0) is 19.6 Å². The summed E-state index contributed by atoms with van der Waals surface area (Å²) in [6, 6.07) is 14.2. The predicted octanol–water partition coefficient (Wildman–Crippen LogP) is 1.50. The van der Waals surface area contributed by atoms with Gasteiger partial charge in [-0.2, -0.15) is 4.98 Å². The zero-order valence-corrected chi connectivity index (χ0v) is 19.3. The number of hydrogen-bond donors (Lipinski definition) is 2. The fraction of sp³-hybridized carbons (Fsp3) is 0.208. The minimum Gasteiger partial charge on any atom is -0.497 e. The van der Waals surface area contributed by atoms with E-state index in [9.17, 15) is 9.59 Å². The molecule has 0 saturated heterocycles. The lowest BCUT2D eigenvalue weighted by molar-refractivity contribution is 0.397. The zero-order chi connectivity index (χ0) is 24.8. The van der Waals surface area contributed by atoms with E-state index >= 15 is 0 Å². The van der Waals surface area contributed by atoms with E-state index in [1.54, 1.807) is 68.0 Å². The molecule has 0 amide bonds. The highest BCUT2D eigenvalue weighted by molar-refractivity contribution is 5.41. The highest BCUT2D eigenvalue weighted by Gasteiger charge is 2.15. The molecule has 3 heterocycles. The maximum atomic E-state index is 13.5. The Bertz CT molecular complexity index is 1410. The Morgan fingerprint density at radius 2 is 1.66 bits per heavy atom. The number of aromatic nitrogens is 5. The van der Waals surface area contributed by atoms with E-state index in [0.717, 1.165) is 15.7 Å². The molecule has 0 aliphatic heterocycles. The van der Waals surface area contributed by atoms with E-state index in [1.165, 1.54) is 11.7 Å². The third-order valence-electron chi connectivity index (χ3n) is 5.36. The molecular formula is C24H25N7O4. The van der Waals surface area contributed by atoms with Crippen molar-refractivity contribution < 1.29 is 9.47 Å². The molecule has 4 rings (SSSR count). The van der Waals surface area contributed by atoms with Gasteiger partial charge in [0, 0.05) is 30.6 Å². The van der Waals surface area contributed by atoms with Crippen molar-refractivity contribution in [2.45, 2.75) is 19.6 Å². The SMILES string of the molecule is COc1ccc(Cn2c(=O)nc(NCc3cccnc3N)n(Cc3ccc(OC)nc3)c2=O)cc1. The molecule has 180 valence electrons. The Hall–Kier alpha value is -4.67. The smallest absolute Gasteiger partial charge is 0.355 e. The lowest BCUT2D eigenvalue weighted by Gasteiger charge is -2.16. The summed E-state index contributed by atoms with van der Waals surface area (Å²) in [6.07, 6.45) is 3.19. The third-order valence-corrected chi connectivity index (χ3v) is 5.36. The molecule has 35 heavy (non-hydrogen) atoms. The molecule has 0 atom stereocenters. The van der Waals surface area contributed by atoms with Crippen LogP contribution in [0.25, 0.3) is 0 Å². The Balaban J connectivity index is 1.71. The monoisotopic (exact) mass is 475 g/mol. The summed E-state index contributed by atoms with van der Waals surface area (Å²) in [5.74, 6) is 1.60. The quantitative estimate of drug-likeness (QED) is 0.369. The predicted molar refractivity (Wildman–Crippen MR) is 131 cm³/mol. The number of nitrogens with zero attached hydrogens (tertiary/aromatic N) is 5. The zero-order valence-electron chi connectivity index (χ0n) is 19.3. The molecule has 0 bridgehead atoms. The van der Waals surface area contributed by atoms with E-state index in [4.69, 9.17) is 15.2 Å².